The molecule has 1 aliphatic rings. The molecule has 1 aromatic heterocycles. The summed E-state index contributed by atoms with van der Waals surface area (Å²) in [5, 5.41) is 9.78. The van der Waals surface area contributed by atoms with Crippen molar-refractivity contribution in [3.05, 3.63) is 89.6 Å². The van der Waals surface area contributed by atoms with Gasteiger partial charge in [-0.05, 0) is 46.9 Å². The first-order chi connectivity index (χ1) is 15.7. The van der Waals surface area contributed by atoms with Gasteiger partial charge in [-0.1, -0.05) is 49.4 Å². The zero-order valence-electron chi connectivity index (χ0n) is 18.5. The maximum atomic E-state index is 9.78. The third-order valence-corrected chi connectivity index (χ3v) is 5.72. The minimum absolute atomic E-state index is 0.257. The molecule has 0 spiro atoms. The molecule has 1 saturated heterocycles. The number of hydrogen-bond acceptors (Lipinski definition) is 5. The van der Waals surface area contributed by atoms with Crippen LogP contribution >= 0.6 is 0 Å². The van der Waals surface area contributed by atoms with Crippen LogP contribution in [0.25, 0.3) is 11.1 Å². The van der Waals surface area contributed by atoms with Crippen molar-refractivity contribution >= 4 is 11.1 Å². The van der Waals surface area contributed by atoms with Gasteiger partial charge in [-0.15, -0.1) is 0 Å². The van der Waals surface area contributed by atoms with E-state index in [1.54, 1.807) is 12.1 Å². The van der Waals surface area contributed by atoms with Crippen LogP contribution in [-0.2, 0) is 4.74 Å². The Kier molecular flexibility index (Phi) is 7.54. The summed E-state index contributed by atoms with van der Waals surface area (Å²) < 4.78 is 11.3. The number of nitrogens with zero attached hydrogens (tertiary/aromatic N) is 2. The molecule has 5 heteroatoms. The molecule has 166 valence electrons. The highest BCUT2D eigenvalue weighted by atomic mass is 16.5. The molecule has 0 saturated carbocycles. The van der Waals surface area contributed by atoms with Gasteiger partial charge in [0.2, 0.25) is 5.88 Å². The second kappa shape index (κ2) is 10.9. The van der Waals surface area contributed by atoms with Gasteiger partial charge in [0.15, 0.2) is 0 Å². The summed E-state index contributed by atoms with van der Waals surface area (Å²) in [7, 11) is 0. The summed E-state index contributed by atoms with van der Waals surface area (Å²) in [5.74, 6) is 0.887. The average Bonchev–Trinajstić information content (AvgIpc) is 2.85. The maximum Gasteiger partial charge on any atom is 0.213 e. The van der Waals surface area contributed by atoms with Crippen molar-refractivity contribution in [1.29, 1.82) is 0 Å². The van der Waals surface area contributed by atoms with Crippen LogP contribution in [0.15, 0.2) is 72.9 Å². The number of phenolic OH excluding ortho intramolecular Hbond substituents is 1. The Labute approximate surface area is 190 Å². The smallest absolute Gasteiger partial charge is 0.213 e. The van der Waals surface area contributed by atoms with Crippen molar-refractivity contribution < 1.29 is 14.6 Å². The van der Waals surface area contributed by atoms with Crippen LogP contribution in [0.4, 0.5) is 0 Å². The predicted octanol–water partition coefficient (Wildman–Crippen LogP) is 4.87. The van der Waals surface area contributed by atoms with Crippen LogP contribution in [0.5, 0.6) is 11.6 Å². The average molecular weight is 431 g/mol. The molecule has 1 fully saturated rings. The highest BCUT2D eigenvalue weighted by molar-refractivity contribution is 5.98. The van der Waals surface area contributed by atoms with E-state index >= 15 is 0 Å². The first-order valence-corrected chi connectivity index (χ1v) is 11.2. The van der Waals surface area contributed by atoms with E-state index in [1.807, 2.05) is 30.5 Å². The second-order valence-electron chi connectivity index (χ2n) is 7.81. The number of rotatable bonds is 8. The molecule has 0 unspecified atom stereocenters. The van der Waals surface area contributed by atoms with Gasteiger partial charge in [0.1, 0.15) is 12.4 Å². The summed E-state index contributed by atoms with van der Waals surface area (Å²) in [6.07, 6.45) is 2.75. The van der Waals surface area contributed by atoms with Crippen LogP contribution in [0.3, 0.4) is 0 Å². The van der Waals surface area contributed by atoms with Crippen molar-refractivity contribution in [3.63, 3.8) is 0 Å². The van der Waals surface area contributed by atoms with E-state index in [9.17, 15) is 5.11 Å². The number of hydrogen-bond donors (Lipinski definition) is 1. The largest absolute Gasteiger partial charge is 0.508 e. The van der Waals surface area contributed by atoms with Crippen molar-refractivity contribution in [2.24, 2.45) is 0 Å². The van der Waals surface area contributed by atoms with Crippen LogP contribution in [0.2, 0.25) is 0 Å². The molecule has 0 bridgehead atoms. The monoisotopic (exact) mass is 430 g/mol. The molecule has 1 aliphatic heterocycles. The molecule has 4 rings (SSSR count). The molecule has 3 aromatic rings. The molecular formula is C27H30N2O3. The Morgan fingerprint density at radius 2 is 1.66 bits per heavy atom. The third-order valence-electron chi connectivity index (χ3n) is 5.72. The molecule has 0 radical (unpaired) electrons. The molecule has 2 heterocycles. The highest BCUT2D eigenvalue weighted by Gasteiger charge is 2.14. The van der Waals surface area contributed by atoms with Crippen molar-refractivity contribution in [2.45, 2.75) is 13.3 Å². The van der Waals surface area contributed by atoms with Crippen LogP contribution in [0.1, 0.15) is 30.0 Å². The fourth-order valence-electron chi connectivity index (χ4n) is 4.03. The Morgan fingerprint density at radius 1 is 0.938 bits per heavy atom. The number of aromatic nitrogens is 1. The second-order valence-corrected chi connectivity index (χ2v) is 7.81. The summed E-state index contributed by atoms with van der Waals surface area (Å²) >= 11 is 0. The van der Waals surface area contributed by atoms with Crippen molar-refractivity contribution in [1.82, 2.24) is 9.88 Å². The van der Waals surface area contributed by atoms with Crippen molar-refractivity contribution in [3.8, 4) is 11.6 Å². The van der Waals surface area contributed by atoms with Crippen LogP contribution in [0, 0.1) is 0 Å². The Bertz CT molecular complexity index is 1010. The van der Waals surface area contributed by atoms with Gasteiger partial charge in [0, 0.05) is 37.5 Å². The summed E-state index contributed by atoms with van der Waals surface area (Å²) in [5.41, 5.74) is 5.61. The topological polar surface area (TPSA) is 54.8 Å². The fraction of sp³-hybridized carbons (Fsp3) is 0.296. The van der Waals surface area contributed by atoms with E-state index in [0.717, 1.165) is 56.0 Å². The molecule has 5 nitrogen and oxygen atoms in total. The summed E-state index contributed by atoms with van der Waals surface area (Å²) in [6.45, 7) is 7.14. The minimum Gasteiger partial charge on any atom is -0.508 e. The van der Waals surface area contributed by atoms with E-state index in [2.05, 4.69) is 47.1 Å². The number of benzene rings is 2. The third kappa shape index (κ3) is 5.55. The summed E-state index contributed by atoms with van der Waals surface area (Å²) in [6, 6.07) is 21.8. The Morgan fingerprint density at radius 3 is 2.31 bits per heavy atom. The van der Waals surface area contributed by atoms with Gasteiger partial charge < -0.3 is 14.6 Å². The molecule has 1 N–H and O–H groups in total. The van der Waals surface area contributed by atoms with Gasteiger partial charge in [-0.2, -0.15) is 0 Å². The zero-order chi connectivity index (χ0) is 22.2. The van der Waals surface area contributed by atoms with Crippen molar-refractivity contribution in [2.75, 3.05) is 39.5 Å². The van der Waals surface area contributed by atoms with E-state index < -0.39 is 0 Å². The first-order valence-electron chi connectivity index (χ1n) is 11.2. The van der Waals surface area contributed by atoms with Crippen LogP contribution < -0.4 is 4.74 Å². The highest BCUT2D eigenvalue weighted by Crippen LogP contribution is 2.35. The lowest BCUT2D eigenvalue weighted by molar-refractivity contribution is 0.0320. The number of phenols is 1. The van der Waals surface area contributed by atoms with E-state index in [0.29, 0.717) is 12.5 Å². The van der Waals surface area contributed by atoms with E-state index in [4.69, 9.17) is 9.47 Å². The SMILES string of the molecule is CCC(=C(c1ccc(O)cc1)c1ccc(OCCN2CCOCC2)nc1)c1ccccc1. The Hall–Kier alpha value is -3.15. The zero-order valence-corrected chi connectivity index (χ0v) is 18.5. The number of morpholine rings is 1. The molecular weight excluding hydrogens is 400 g/mol. The van der Waals surface area contributed by atoms with E-state index in [-0.39, 0.29) is 5.75 Å². The lowest BCUT2D eigenvalue weighted by Crippen LogP contribution is -2.38. The normalized spacial score (nSPS) is 15.3. The molecule has 0 atom stereocenters. The summed E-state index contributed by atoms with van der Waals surface area (Å²) in [4.78, 5) is 6.93. The van der Waals surface area contributed by atoms with Gasteiger partial charge in [0.05, 0.1) is 13.2 Å². The number of aromatic hydroxyl groups is 1. The molecule has 0 amide bonds. The number of pyridine rings is 1. The molecule has 2 aromatic carbocycles. The molecule has 0 aliphatic carbocycles. The van der Waals surface area contributed by atoms with Gasteiger partial charge >= 0.3 is 0 Å². The standard InChI is InChI=1S/C27H30N2O3/c1-2-25(21-6-4-3-5-7-21)27(22-8-11-24(30)12-9-22)23-10-13-26(28-20-23)32-19-16-29-14-17-31-18-15-29/h3-13,20,30H,2,14-19H2,1H3. The van der Waals surface area contributed by atoms with Gasteiger partial charge in [0.25, 0.3) is 0 Å². The van der Waals surface area contributed by atoms with Crippen LogP contribution in [-0.4, -0.2) is 54.4 Å². The number of allylic oxidation sites excluding steroid dienone is 1. The lowest BCUT2D eigenvalue weighted by Gasteiger charge is -2.26. The minimum atomic E-state index is 0.257. The Balaban J connectivity index is 1.58. The quantitative estimate of drug-likeness (QED) is 0.517. The van der Waals surface area contributed by atoms with E-state index in [1.165, 1.54) is 11.1 Å². The fourth-order valence-corrected chi connectivity index (χ4v) is 4.03. The number of ether oxygens (including phenoxy) is 2. The molecule has 32 heavy (non-hydrogen) atoms. The van der Waals surface area contributed by atoms with Gasteiger partial charge in [-0.3, -0.25) is 4.90 Å². The predicted molar refractivity (Wildman–Crippen MR) is 128 cm³/mol. The lowest BCUT2D eigenvalue weighted by atomic mass is 9.89. The maximum absolute atomic E-state index is 9.78. The first kappa shape index (κ1) is 22.1. The van der Waals surface area contributed by atoms with Gasteiger partial charge in [-0.25, -0.2) is 4.98 Å².